The van der Waals surface area contributed by atoms with E-state index in [2.05, 4.69) is 0 Å². The maximum absolute atomic E-state index is 6.28. The summed E-state index contributed by atoms with van der Waals surface area (Å²) in [7, 11) is 1.62. The highest BCUT2D eigenvalue weighted by Crippen LogP contribution is 2.32. The first-order chi connectivity index (χ1) is 8.67. The van der Waals surface area contributed by atoms with Gasteiger partial charge in [0.1, 0.15) is 11.5 Å². The van der Waals surface area contributed by atoms with Crippen molar-refractivity contribution in [2.45, 2.75) is 19.4 Å². The molecule has 2 aromatic rings. The standard InChI is InChI=1S/C14H16ClNO2/c1-3-12-10(6-7-18-12)14(16)11-8-9(15)4-5-13(11)17-2/h4-8,14H,3,16H2,1-2H3. The number of hydrogen-bond acceptors (Lipinski definition) is 3. The van der Waals surface area contributed by atoms with Gasteiger partial charge in [-0.15, -0.1) is 0 Å². The van der Waals surface area contributed by atoms with Gasteiger partial charge in [0, 0.05) is 22.6 Å². The van der Waals surface area contributed by atoms with Gasteiger partial charge in [-0.3, -0.25) is 0 Å². The molecule has 1 aromatic heterocycles. The molecule has 1 unspecified atom stereocenters. The molecule has 0 bridgehead atoms. The minimum Gasteiger partial charge on any atom is -0.496 e. The molecule has 0 saturated heterocycles. The summed E-state index contributed by atoms with van der Waals surface area (Å²) >= 11 is 6.02. The molecule has 18 heavy (non-hydrogen) atoms. The number of halogens is 1. The predicted octanol–water partition coefficient (Wildman–Crippen LogP) is 3.55. The Balaban J connectivity index is 2.45. The van der Waals surface area contributed by atoms with E-state index in [1.165, 1.54) is 0 Å². The molecule has 0 fully saturated rings. The van der Waals surface area contributed by atoms with E-state index in [0.717, 1.165) is 29.1 Å². The first kappa shape index (κ1) is 13.0. The van der Waals surface area contributed by atoms with Crippen LogP contribution in [0.15, 0.2) is 34.9 Å². The van der Waals surface area contributed by atoms with Gasteiger partial charge in [0.2, 0.25) is 0 Å². The number of ether oxygens (including phenoxy) is 1. The van der Waals surface area contributed by atoms with Crippen LogP contribution in [0.1, 0.15) is 29.9 Å². The van der Waals surface area contributed by atoms with Gasteiger partial charge in [-0.1, -0.05) is 18.5 Å². The van der Waals surface area contributed by atoms with Gasteiger partial charge < -0.3 is 14.9 Å². The summed E-state index contributed by atoms with van der Waals surface area (Å²) in [4.78, 5) is 0. The Morgan fingerprint density at radius 2 is 2.11 bits per heavy atom. The van der Waals surface area contributed by atoms with Crippen LogP contribution >= 0.6 is 11.6 Å². The van der Waals surface area contributed by atoms with Gasteiger partial charge in [-0.05, 0) is 24.3 Å². The van der Waals surface area contributed by atoms with E-state index in [-0.39, 0.29) is 6.04 Å². The number of nitrogens with two attached hydrogens (primary N) is 1. The van der Waals surface area contributed by atoms with E-state index in [0.29, 0.717) is 5.02 Å². The van der Waals surface area contributed by atoms with Crippen LogP contribution in [0.5, 0.6) is 5.75 Å². The van der Waals surface area contributed by atoms with Crippen LogP contribution in [0.25, 0.3) is 0 Å². The second-order valence-electron chi connectivity index (χ2n) is 4.02. The van der Waals surface area contributed by atoms with Crippen LogP contribution in [0.2, 0.25) is 5.02 Å². The van der Waals surface area contributed by atoms with E-state index < -0.39 is 0 Å². The quantitative estimate of drug-likeness (QED) is 0.920. The molecule has 2 rings (SSSR count). The largest absolute Gasteiger partial charge is 0.496 e. The Hall–Kier alpha value is -1.45. The number of methoxy groups -OCH3 is 1. The van der Waals surface area contributed by atoms with Crippen molar-refractivity contribution in [3.05, 3.63) is 52.4 Å². The molecule has 0 aliphatic heterocycles. The van der Waals surface area contributed by atoms with Crippen molar-refractivity contribution in [3.8, 4) is 5.75 Å². The highest BCUT2D eigenvalue weighted by Gasteiger charge is 2.18. The van der Waals surface area contributed by atoms with Crippen LogP contribution in [-0.2, 0) is 6.42 Å². The zero-order valence-corrected chi connectivity index (χ0v) is 11.2. The Bertz CT molecular complexity index is 536. The fourth-order valence-electron chi connectivity index (χ4n) is 2.03. The van der Waals surface area contributed by atoms with Gasteiger partial charge in [0.25, 0.3) is 0 Å². The Morgan fingerprint density at radius 1 is 1.33 bits per heavy atom. The van der Waals surface area contributed by atoms with E-state index in [1.54, 1.807) is 19.4 Å². The van der Waals surface area contributed by atoms with Crippen molar-refractivity contribution in [2.75, 3.05) is 7.11 Å². The van der Waals surface area contributed by atoms with Crippen molar-refractivity contribution < 1.29 is 9.15 Å². The number of rotatable bonds is 4. The molecule has 4 heteroatoms. The number of benzene rings is 1. The second-order valence-corrected chi connectivity index (χ2v) is 4.45. The average molecular weight is 266 g/mol. The van der Waals surface area contributed by atoms with E-state index >= 15 is 0 Å². The topological polar surface area (TPSA) is 48.4 Å². The lowest BCUT2D eigenvalue weighted by Crippen LogP contribution is -2.14. The number of aryl methyl sites for hydroxylation is 1. The summed E-state index contributed by atoms with van der Waals surface area (Å²) in [5.41, 5.74) is 8.12. The van der Waals surface area contributed by atoms with Gasteiger partial charge in [0.15, 0.2) is 0 Å². The molecule has 0 aliphatic rings. The Labute approximate surface area is 111 Å². The van der Waals surface area contributed by atoms with Crippen molar-refractivity contribution in [2.24, 2.45) is 5.73 Å². The molecule has 3 nitrogen and oxygen atoms in total. The third kappa shape index (κ3) is 2.37. The first-order valence-corrected chi connectivity index (χ1v) is 6.20. The maximum atomic E-state index is 6.28. The molecule has 0 spiro atoms. The van der Waals surface area contributed by atoms with Crippen molar-refractivity contribution in [1.29, 1.82) is 0 Å². The van der Waals surface area contributed by atoms with Crippen LogP contribution in [0, 0.1) is 0 Å². The Morgan fingerprint density at radius 3 is 2.78 bits per heavy atom. The molecule has 0 amide bonds. The van der Waals surface area contributed by atoms with Crippen LogP contribution in [-0.4, -0.2) is 7.11 Å². The molecule has 1 heterocycles. The Kier molecular flexibility index (Phi) is 3.94. The first-order valence-electron chi connectivity index (χ1n) is 5.82. The molecule has 0 radical (unpaired) electrons. The number of hydrogen-bond donors (Lipinski definition) is 1. The minimum atomic E-state index is -0.299. The van der Waals surface area contributed by atoms with Gasteiger partial charge in [-0.2, -0.15) is 0 Å². The third-order valence-corrected chi connectivity index (χ3v) is 3.20. The minimum absolute atomic E-state index is 0.299. The van der Waals surface area contributed by atoms with Crippen LogP contribution in [0.3, 0.4) is 0 Å². The van der Waals surface area contributed by atoms with E-state index in [4.69, 9.17) is 26.5 Å². The fraction of sp³-hybridized carbons (Fsp3) is 0.286. The van der Waals surface area contributed by atoms with Crippen LogP contribution < -0.4 is 10.5 Å². The molecule has 1 aromatic carbocycles. The van der Waals surface area contributed by atoms with Gasteiger partial charge in [0.05, 0.1) is 19.4 Å². The van der Waals surface area contributed by atoms with E-state index in [1.807, 2.05) is 25.1 Å². The third-order valence-electron chi connectivity index (χ3n) is 2.96. The van der Waals surface area contributed by atoms with Crippen molar-refractivity contribution in [3.63, 3.8) is 0 Å². The zero-order valence-electron chi connectivity index (χ0n) is 10.4. The smallest absolute Gasteiger partial charge is 0.124 e. The van der Waals surface area contributed by atoms with Crippen molar-refractivity contribution in [1.82, 2.24) is 0 Å². The summed E-state index contributed by atoms with van der Waals surface area (Å²) in [6.07, 6.45) is 2.46. The van der Waals surface area contributed by atoms with Crippen molar-refractivity contribution >= 4 is 11.6 Å². The summed E-state index contributed by atoms with van der Waals surface area (Å²) in [5, 5.41) is 0.641. The monoisotopic (exact) mass is 265 g/mol. The predicted molar refractivity (Wildman–Crippen MR) is 72.1 cm³/mol. The molecule has 1 atom stereocenters. The number of furan rings is 1. The average Bonchev–Trinajstić information content (AvgIpc) is 2.86. The summed E-state index contributed by atoms with van der Waals surface area (Å²) < 4.78 is 10.7. The van der Waals surface area contributed by atoms with Gasteiger partial charge >= 0.3 is 0 Å². The fourth-order valence-corrected chi connectivity index (χ4v) is 2.21. The maximum Gasteiger partial charge on any atom is 0.124 e. The summed E-state index contributed by atoms with van der Waals surface area (Å²) in [6, 6.07) is 7.03. The molecule has 2 N–H and O–H groups in total. The van der Waals surface area contributed by atoms with Gasteiger partial charge in [-0.25, -0.2) is 0 Å². The zero-order chi connectivity index (χ0) is 13.1. The lowest BCUT2D eigenvalue weighted by atomic mass is 9.98. The summed E-state index contributed by atoms with van der Waals surface area (Å²) in [5.74, 6) is 1.62. The molecule has 0 aliphatic carbocycles. The molecule has 0 saturated carbocycles. The summed E-state index contributed by atoms with van der Waals surface area (Å²) in [6.45, 7) is 2.03. The normalized spacial score (nSPS) is 12.4. The van der Waals surface area contributed by atoms with Crippen LogP contribution in [0.4, 0.5) is 0 Å². The molecular formula is C14H16ClNO2. The molecular weight excluding hydrogens is 250 g/mol. The van der Waals surface area contributed by atoms with E-state index in [9.17, 15) is 0 Å². The molecule has 96 valence electrons. The highest BCUT2D eigenvalue weighted by atomic mass is 35.5. The lowest BCUT2D eigenvalue weighted by molar-refractivity contribution is 0.407. The SMILES string of the molecule is CCc1occc1C(N)c1cc(Cl)ccc1OC. The lowest BCUT2D eigenvalue weighted by Gasteiger charge is -2.16. The second kappa shape index (κ2) is 5.46. The highest BCUT2D eigenvalue weighted by molar-refractivity contribution is 6.30.